The number of nitrogens with zero attached hydrogens (tertiary/aromatic N) is 1. The number of hydrogen-bond donors (Lipinski definition) is 1. The number of aryl methyl sites for hydroxylation is 1. The van der Waals surface area contributed by atoms with Gasteiger partial charge in [0.1, 0.15) is 11.5 Å². The molecule has 2 aromatic rings. The van der Waals surface area contributed by atoms with Gasteiger partial charge < -0.3 is 14.8 Å². The summed E-state index contributed by atoms with van der Waals surface area (Å²) >= 11 is 0. The van der Waals surface area contributed by atoms with Crippen molar-refractivity contribution in [2.75, 3.05) is 31.6 Å². The third-order valence-electron chi connectivity index (χ3n) is 4.31. The van der Waals surface area contributed by atoms with E-state index in [0.29, 0.717) is 42.4 Å². The van der Waals surface area contributed by atoms with Gasteiger partial charge in [0.05, 0.1) is 17.2 Å². The molecule has 0 heterocycles. The van der Waals surface area contributed by atoms with Gasteiger partial charge in [-0.05, 0) is 49.7 Å². The lowest BCUT2D eigenvalue weighted by Gasteiger charge is -2.19. The molecule has 8 heteroatoms. The van der Waals surface area contributed by atoms with Gasteiger partial charge in [-0.3, -0.25) is 4.79 Å². The predicted molar refractivity (Wildman–Crippen MR) is 113 cm³/mol. The summed E-state index contributed by atoms with van der Waals surface area (Å²) in [6, 6.07) is 11.8. The first-order valence-electron chi connectivity index (χ1n) is 9.58. The average molecular weight is 421 g/mol. The van der Waals surface area contributed by atoms with Crippen LogP contribution in [0.1, 0.15) is 26.3 Å². The Morgan fingerprint density at radius 2 is 1.69 bits per heavy atom. The van der Waals surface area contributed by atoms with Crippen LogP contribution in [0.4, 0.5) is 5.69 Å². The minimum absolute atomic E-state index is 0.205. The molecule has 0 aliphatic carbocycles. The van der Waals surface area contributed by atoms with Gasteiger partial charge in [0.2, 0.25) is 10.0 Å². The fourth-order valence-corrected chi connectivity index (χ4v) is 4.38. The number of hydrogen-bond acceptors (Lipinski definition) is 5. The summed E-state index contributed by atoms with van der Waals surface area (Å²) in [6.45, 7) is 8.31. The summed E-state index contributed by atoms with van der Waals surface area (Å²) < 4.78 is 37.7. The van der Waals surface area contributed by atoms with Crippen LogP contribution in [0.3, 0.4) is 0 Å². The highest BCUT2D eigenvalue weighted by molar-refractivity contribution is 7.89. The predicted octanol–water partition coefficient (Wildman–Crippen LogP) is 3.44. The SMILES string of the molecule is CCOc1ccccc1NC(=O)COc1ccc(S(=O)(=O)N(CC)CC)cc1C. The van der Waals surface area contributed by atoms with Gasteiger partial charge in [-0.15, -0.1) is 0 Å². The van der Waals surface area contributed by atoms with Gasteiger partial charge in [0.15, 0.2) is 6.61 Å². The second-order valence-electron chi connectivity index (χ2n) is 6.28. The quantitative estimate of drug-likeness (QED) is 0.636. The molecule has 2 aromatic carbocycles. The molecule has 0 saturated heterocycles. The van der Waals surface area contributed by atoms with Crippen molar-refractivity contribution in [3.8, 4) is 11.5 Å². The minimum atomic E-state index is -3.54. The Morgan fingerprint density at radius 3 is 2.31 bits per heavy atom. The summed E-state index contributed by atoms with van der Waals surface area (Å²) in [5.41, 5.74) is 1.21. The number of amides is 1. The monoisotopic (exact) mass is 420 g/mol. The van der Waals surface area contributed by atoms with E-state index in [4.69, 9.17) is 9.47 Å². The molecule has 2 rings (SSSR count). The molecule has 158 valence electrons. The number of nitrogens with one attached hydrogen (secondary N) is 1. The number of para-hydroxylation sites is 2. The number of rotatable bonds is 10. The lowest BCUT2D eigenvalue weighted by Crippen LogP contribution is -2.30. The zero-order valence-electron chi connectivity index (χ0n) is 17.3. The highest BCUT2D eigenvalue weighted by Crippen LogP contribution is 2.25. The zero-order valence-corrected chi connectivity index (χ0v) is 18.1. The molecule has 1 amide bonds. The summed E-state index contributed by atoms with van der Waals surface area (Å²) in [4.78, 5) is 12.5. The Kier molecular flexibility index (Phi) is 8.04. The molecule has 0 radical (unpaired) electrons. The first-order chi connectivity index (χ1) is 13.8. The van der Waals surface area contributed by atoms with Crippen LogP contribution in [0.15, 0.2) is 47.4 Å². The molecule has 0 spiro atoms. The standard InChI is InChI=1S/C21H28N2O5S/c1-5-23(6-2)29(25,26)17-12-13-19(16(4)14-17)28-15-21(24)22-18-10-8-9-11-20(18)27-7-3/h8-14H,5-7,15H2,1-4H3,(H,22,24). The zero-order chi connectivity index (χ0) is 21.4. The largest absolute Gasteiger partial charge is 0.492 e. The highest BCUT2D eigenvalue weighted by atomic mass is 32.2. The third kappa shape index (κ3) is 5.71. The molecular formula is C21H28N2O5S. The van der Waals surface area contributed by atoms with Gasteiger partial charge in [-0.25, -0.2) is 8.42 Å². The summed E-state index contributed by atoms with van der Waals surface area (Å²) in [7, 11) is -3.54. The molecular weight excluding hydrogens is 392 g/mol. The van der Waals surface area contributed by atoms with Crippen LogP contribution in [0.5, 0.6) is 11.5 Å². The lowest BCUT2D eigenvalue weighted by atomic mass is 10.2. The number of anilines is 1. The van der Waals surface area contributed by atoms with E-state index in [1.165, 1.54) is 10.4 Å². The minimum Gasteiger partial charge on any atom is -0.492 e. The van der Waals surface area contributed by atoms with E-state index in [9.17, 15) is 13.2 Å². The van der Waals surface area contributed by atoms with Crippen molar-refractivity contribution >= 4 is 21.6 Å². The number of benzene rings is 2. The second kappa shape index (κ2) is 10.3. The Balaban J connectivity index is 2.05. The summed E-state index contributed by atoms with van der Waals surface area (Å²) in [6.07, 6.45) is 0. The maximum atomic E-state index is 12.6. The van der Waals surface area contributed by atoms with E-state index in [2.05, 4.69) is 5.32 Å². The van der Waals surface area contributed by atoms with Crippen molar-refractivity contribution in [1.29, 1.82) is 0 Å². The van der Waals surface area contributed by atoms with E-state index < -0.39 is 10.0 Å². The molecule has 0 fully saturated rings. The molecule has 0 aromatic heterocycles. The van der Waals surface area contributed by atoms with Crippen LogP contribution in [0.25, 0.3) is 0 Å². The van der Waals surface area contributed by atoms with Crippen LogP contribution < -0.4 is 14.8 Å². The second-order valence-corrected chi connectivity index (χ2v) is 8.22. The molecule has 0 aliphatic rings. The highest BCUT2D eigenvalue weighted by Gasteiger charge is 2.22. The molecule has 0 unspecified atom stereocenters. The number of carbonyl (C=O) groups is 1. The number of ether oxygens (including phenoxy) is 2. The van der Waals surface area contributed by atoms with Crippen molar-refractivity contribution in [1.82, 2.24) is 4.31 Å². The molecule has 0 aliphatic heterocycles. The van der Waals surface area contributed by atoms with E-state index >= 15 is 0 Å². The Hall–Kier alpha value is -2.58. The topological polar surface area (TPSA) is 84.9 Å². The first-order valence-corrected chi connectivity index (χ1v) is 11.0. The van der Waals surface area contributed by atoms with Crippen molar-refractivity contribution in [3.63, 3.8) is 0 Å². The molecule has 0 atom stereocenters. The maximum absolute atomic E-state index is 12.6. The van der Waals surface area contributed by atoms with E-state index in [1.807, 2.05) is 13.0 Å². The van der Waals surface area contributed by atoms with Crippen LogP contribution in [-0.4, -0.2) is 44.9 Å². The molecule has 7 nitrogen and oxygen atoms in total. The van der Waals surface area contributed by atoms with Crippen LogP contribution in [0, 0.1) is 6.92 Å². The van der Waals surface area contributed by atoms with E-state index in [1.54, 1.807) is 51.1 Å². The smallest absolute Gasteiger partial charge is 0.262 e. The number of carbonyl (C=O) groups excluding carboxylic acids is 1. The van der Waals surface area contributed by atoms with Crippen LogP contribution in [-0.2, 0) is 14.8 Å². The van der Waals surface area contributed by atoms with Crippen molar-refractivity contribution in [2.24, 2.45) is 0 Å². The number of sulfonamides is 1. The van der Waals surface area contributed by atoms with Crippen LogP contribution in [0.2, 0.25) is 0 Å². The van der Waals surface area contributed by atoms with Gasteiger partial charge in [-0.2, -0.15) is 4.31 Å². The van der Waals surface area contributed by atoms with Gasteiger partial charge in [-0.1, -0.05) is 26.0 Å². The van der Waals surface area contributed by atoms with Crippen LogP contribution >= 0.6 is 0 Å². The Bertz CT molecular complexity index is 940. The van der Waals surface area contributed by atoms with Gasteiger partial charge in [0.25, 0.3) is 5.91 Å². The lowest BCUT2D eigenvalue weighted by molar-refractivity contribution is -0.118. The Morgan fingerprint density at radius 1 is 1.00 bits per heavy atom. The van der Waals surface area contributed by atoms with E-state index in [0.717, 1.165) is 0 Å². The normalized spacial score (nSPS) is 11.3. The fourth-order valence-electron chi connectivity index (χ4n) is 2.84. The first kappa shape index (κ1) is 22.7. The molecule has 0 saturated carbocycles. The maximum Gasteiger partial charge on any atom is 0.262 e. The molecule has 0 bridgehead atoms. The van der Waals surface area contributed by atoms with Crippen molar-refractivity contribution < 1.29 is 22.7 Å². The third-order valence-corrected chi connectivity index (χ3v) is 6.36. The average Bonchev–Trinajstić information content (AvgIpc) is 2.69. The van der Waals surface area contributed by atoms with Crippen molar-refractivity contribution in [2.45, 2.75) is 32.6 Å². The molecule has 1 N–H and O–H groups in total. The Labute approximate surface area is 172 Å². The molecule has 29 heavy (non-hydrogen) atoms. The summed E-state index contributed by atoms with van der Waals surface area (Å²) in [5, 5.41) is 2.76. The van der Waals surface area contributed by atoms with E-state index in [-0.39, 0.29) is 17.4 Å². The van der Waals surface area contributed by atoms with Gasteiger partial charge in [0, 0.05) is 13.1 Å². The summed E-state index contributed by atoms with van der Waals surface area (Å²) in [5.74, 6) is 0.707. The van der Waals surface area contributed by atoms with Gasteiger partial charge >= 0.3 is 0 Å². The van der Waals surface area contributed by atoms with Crippen molar-refractivity contribution in [3.05, 3.63) is 48.0 Å². The fraction of sp³-hybridized carbons (Fsp3) is 0.381.